The molecular weight excluding hydrogens is 384 g/mol. The van der Waals surface area contributed by atoms with Gasteiger partial charge >= 0.3 is 0 Å². The summed E-state index contributed by atoms with van der Waals surface area (Å²) in [5, 5.41) is 9.60. The van der Waals surface area contributed by atoms with Gasteiger partial charge in [-0.1, -0.05) is 29.8 Å². The van der Waals surface area contributed by atoms with E-state index in [0.717, 1.165) is 21.6 Å². The van der Waals surface area contributed by atoms with Crippen molar-refractivity contribution in [2.24, 2.45) is 10.1 Å². The largest absolute Gasteiger partial charge is 0.482 e. The number of carbonyl (C=O) groups is 1. The second-order valence-corrected chi connectivity index (χ2v) is 7.98. The van der Waals surface area contributed by atoms with E-state index in [2.05, 4.69) is 24.4 Å². The average molecular weight is 407 g/mol. The first-order valence-corrected chi connectivity index (χ1v) is 10.3. The van der Waals surface area contributed by atoms with E-state index >= 15 is 0 Å². The summed E-state index contributed by atoms with van der Waals surface area (Å²) < 4.78 is 7.31. The summed E-state index contributed by atoms with van der Waals surface area (Å²) in [5.74, 6) is 0.520. The molecule has 4 rings (SSSR count). The van der Waals surface area contributed by atoms with Crippen molar-refractivity contribution in [2.45, 2.75) is 26.8 Å². The van der Waals surface area contributed by atoms with Crippen LogP contribution in [0.5, 0.6) is 5.75 Å². The smallest absolute Gasteiger partial charge is 0.262 e. The van der Waals surface area contributed by atoms with Gasteiger partial charge in [-0.3, -0.25) is 9.79 Å². The van der Waals surface area contributed by atoms with Crippen molar-refractivity contribution in [3.05, 3.63) is 63.8 Å². The molecule has 0 radical (unpaired) electrons. The van der Waals surface area contributed by atoms with Gasteiger partial charge in [-0.05, 0) is 44.5 Å². The minimum absolute atomic E-state index is 0.0447. The van der Waals surface area contributed by atoms with E-state index in [1.165, 1.54) is 16.9 Å². The first-order valence-electron chi connectivity index (χ1n) is 9.42. The van der Waals surface area contributed by atoms with Crippen molar-refractivity contribution in [3.63, 3.8) is 0 Å². The molecule has 0 spiro atoms. The summed E-state index contributed by atoms with van der Waals surface area (Å²) in [5.41, 5.74) is 4.72. The number of hydrogen-bond acceptors (Lipinski definition) is 5. The molecule has 29 heavy (non-hydrogen) atoms. The number of anilines is 1. The molecule has 2 heterocycles. The highest BCUT2D eigenvalue weighted by atomic mass is 32.1. The van der Waals surface area contributed by atoms with Gasteiger partial charge < -0.3 is 10.1 Å². The summed E-state index contributed by atoms with van der Waals surface area (Å²) in [6.45, 7) is 6.19. The van der Waals surface area contributed by atoms with Crippen LogP contribution in [-0.2, 0) is 4.79 Å². The van der Waals surface area contributed by atoms with E-state index in [-0.39, 0.29) is 18.6 Å². The van der Waals surface area contributed by atoms with E-state index in [9.17, 15) is 4.79 Å². The van der Waals surface area contributed by atoms with E-state index in [4.69, 9.17) is 14.8 Å². The van der Waals surface area contributed by atoms with Crippen LogP contribution in [0.15, 0.2) is 57.9 Å². The van der Waals surface area contributed by atoms with Gasteiger partial charge in [0.25, 0.3) is 5.91 Å². The van der Waals surface area contributed by atoms with Gasteiger partial charge in [0.15, 0.2) is 6.61 Å². The number of rotatable bonds is 4. The molecule has 0 atom stereocenters. The third kappa shape index (κ3) is 4.30. The number of hydrogen-bond donors (Lipinski definition) is 1. The van der Waals surface area contributed by atoms with E-state index in [1.54, 1.807) is 0 Å². The molecule has 0 saturated carbocycles. The molecule has 0 fully saturated rings. The minimum Gasteiger partial charge on any atom is -0.482 e. The van der Waals surface area contributed by atoms with Gasteiger partial charge in [0, 0.05) is 17.0 Å². The molecule has 0 saturated heterocycles. The van der Waals surface area contributed by atoms with E-state index < -0.39 is 0 Å². The fourth-order valence-electron chi connectivity index (χ4n) is 2.94. The Bertz CT molecular complexity index is 1140. The molecule has 148 valence electrons. The molecule has 2 aromatic carbocycles. The molecule has 1 amide bonds. The Balaban J connectivity index is 1.78. The maximum atomic E-state index is 11.7. The van der Waals surface area contributed by atoms with Gasteiger partial charge in [-0.15, -0.1) is 11.3 Å². The third-order valence-corrected chi connectivity index (χ3v) is 5.19. The molecular formula is C22H22N4O2S. The number of thiazole rings is 1. The van der Waals surface area contributed by atoms with Gasteiger partial charge in [0.2, 0.25) is 4.80 Å². The standard InChI is InChI=1S/C22H22N4O2S/c1-14(2)24-22-26(23-11-16-6-4-15(3)5-7-16)19(13-29-22)17-8-9-20-18(10-17)25-21(27)12-28-20/h4-11,13-14H,12H2,1-3H3,(H,25,27). The summed E-state index contributed by atoms with van der Waals surface area (Å²) in [6, 6.07) is 14.1. The highest BCUT2D eigenvalue weighted by Gasteiger charge is 2.17. The highest BCUT2D eigenvalue weighted by molar-refractivity contribution is 7.07. The van der Waals surface area contributed by atoms with Gasteiger partial charge in [0.05, 0.1) is 17.6 Å². The Hall–Kier alpha value is -3.19. The second kappa shape index (κ2) is 8.05. The topological polar surface area (TPSA) is 68.0 Å². The molecule has 1 aromatic heterocycles. The first-order chi connectivity index (χ1) is 14.0. The van der Waals surface area contributed by atoms with Crippen LogP contribution in [0.25, 0.3) is 11.3 Å². The third-order valence-electron chi connectivity index (χ3n) is 4.36. The maximum absolute atomic E-state index is 11.7. The van der Waals surface area contributed by atoms with Gasteiger partial charge in [-0.2, -0.15) is 5.10 Å². The van der Waals surface area contributed by atoms with Crippen LogP contribution in [0.3, 0.4) is 0 Å². The van der Waals surface area contributed by atoms with Crippen molar-refractivity contribution >= 4 is 29.1 Å². The van der Waals surface area contributed by atoms with E-state index in [1.807, 2.05) is 60.5 Å². The lowest BCUT2D eigenvalue weighted by Gasteiger charge is -2.18. The van der Waals surface area contributed by atoms with Crippen molar-refractivity contribution in [1.29, 1.82) is 0 Å². The van der Waals surface area contributed by atoms with Crippen LogP contribution in [-0.4, -0.2) is 29.4 Å². The number of ether oxygens (including phenoxy) is 1. The second-order valence-electron chi connectivity index (χ2n) is 7.14. The van der Waals surface area contributed by atoms with Crippen LogP contribution < -0.4 is 14.9 Å². The first kappa shape index (κ1) is 19.1. The van der Waals surface area contributed by atoms with Crippen LogP contribution in [0.2, 0.25) is 0 Å². The Morgan fingerprint density at radius 2 is 2.00 bits per heavy atom. The molecule has 1 aliphatic heterocycles. The van der Waals surface area contributed by atoms with Crippen LogP contribution in [0, 0.1) is 6.92 Å². The summed E-state index contributed by atoms with van der Waals surface area (Å²) in [4.78, 5) is 17.2. The monoisotopic (exact) mass is 406 g/mol. The van der Waals surface area contributed by atoms with E-state index in [0.29, 0.717) is 11.4 Å². The number of amides is 1. The number of fused-ring (bicyclic) bond motifs is 1. The molecule has 1 aliphatic rings. The lowest BCUT2D eigenvalue weighted by atomic mass is 10.1. The Labute approximate surface area is 173 Å². The number of aryl methyl sites for hydroxylation is 1. The molecule has 3 aromatic rings. The fourth-order valence-corrected chi connectivity index (χ4v) is 3.91. The molecule has 0 bridgehead atoms. The predicted molar refractivity (Wildman–Crippen MR) is 117 cm³/mol. The average Bonchev–Trinajstić information content (AvgIpc) is 3.08. The molecule has 7 heteroatoms. The normalized spacial score (nSPS) is 14.2. The lowest BCUT2D eigenvalue weighted by molar-refractivity contribution is -0.118. The van der Waals surface area contributed by atoms with Gasteiger partial charge in [0.1, 0.15) is 5.75 Å². The molecule has 0 aliphatic carbocycles. The van der Waals surface area contributed by atoms with Crippen LogP contribution in [0.1, 0.15) is 25.0 Å². The number of carbonyl (C=O) groups excluding carboxylic acids is 1. The zero-order valence-electron chi connectivity index (χ0n) is 16.5. The van der Waals surface area contributed by atoms with Crippen molar-refractivity contribution in [1.82, 2.24) is 4.68 Å². The number of nitrogens with zero attached hydrogens (tertiary/aromatic N) is 3. The zero-order chi connectivity index (χ0) is 20.4. The summed E-state index contributed by atoms with van der Waals surface area (Å²) in [7, 11) is 0. The van der Waals surface area contributed by atoms with Crippen molar-refractivity contribution < 1.29 is 9.53 Å². The minimum atomic E-state index is -0.152. The SMILES string of the molecule is Cc1ccc(C=Nn2c(-c3ccc4c(c3)NC(=O)CO4)csc2=NC(C)C)cc1. The molecule has 0 unspecified atom stereocenters. The number of nitrogens with one attached hydrogen (secondary N) is 1. The Morgan fingerprint density at radius 1 is 1.21 bits per heavy atom. The summed E-state index contributed by atoms with van der Waals surface area (Å²) >= 11 is 1.54. The number of benzene rings is 2. The van der Waals surface area contributed by atoms with Crippen molar-refractivity contribution in [3.8, 4) is 17.0 Å². The Morgan fingerprint density at radius 3 is 2.76 bits per heavy atom. The molecule has 1 N–H and O–H groups in total. The summed E-state index contributed by atoms with van der Waals surface area (Å²) in [6.07, 6.45) is 1.83. The lowest BCUT2D eigenvalue weighted by Crippen LogP contribution is -2.25. The fraction of sp³-hybridized carbons (Fsp3) is 0.227. The quantitative estimate of drug-likeness (QED) is 0.664. The Kier molecular flexibility index (Phi) is 5.31. The zero-order valence-corrected chi connectivity index (χ0v) is 17.4. The van der Waals surface area contributed by atoms with Crippen LogP contribution in [0.4, 0.5) is 5.69 Å². The van der Waals surface area contributed by atoms with Crippen molar-refractivity contribution in [2.75, 3.05) is 11.9 Å². The maximum Gasteiger partial charge on any atom is 0.262 e. The highest BCUT2D eigenvalue weighted by Crippen LogP contribution is 2.32. The predicted octanol–water partition coefficient (Wildman–Crippen LogP) is 4.05. The van der Waals surface area contributed by atoms with Gasteiger partial charge in [-0.25, -0.2) is 4.68 Å². The molecule has 6 nitrogen and oxygen atoms in total. The number of aromatic nitrogens is 1. The van der Waals surface area contributed by atoms with Crippen LogP contribution >= 0.6 is 11.3 Å².